The third-order valence-electron chi connectivity index (χ3n) is 7.06. The van der Waals surface area contributed by atoms with Gasteiger partial charge < -0.3 is 14.2 Å². The van der Waals surface area contributed by atoms with Crippen LogP contribution in [0.1, 0.15) is 78.2 Å². The maximum atomic E-state index is 14.4. The summed E-state index contributed by atoms with van der Waals surface area (Å²) in [4.78, 5) is 55.4. The predicted octanol–water partition coefficient (Wildman–Crippen LogP) is 8.85. The lowest BCUT2D eigenvalue weighted by Gasteiger charge is -2.27. The number of aromatic nitrogens is 1. The van der Waals surface area contributed by atoms with Crippen LogP contribution in [0.5, 0.6) is 0 Å². The van der Waals surface area contributed by atoms with Crippen LogP contribution >= 0.6 is 23.2 Å². The van der Waals surface area contributed by atoms with Crippen molar-refractivity contribution >= 4 is 73.9 Å². The smallest absolute Gasteiger partial charge is 0.419 e. The second-order valence-electron chi connectivity index (χ2n) is 15.2. The molecule has 0 atom stereocenters. The van der Waals surface area contributed by atoms with Crippen LogP contribution < -0.4 is 4.31 Å². The highest BCUT2D eigenvalue weighted by Gasteiger charge is 2.34. The average molecular weight is 789 g/mol. The molecule has 0 spiro atoms. The van der Waals surface area contributed by atoms with Crippen molar-refractivity contribution in [1.29, 1.82) is 0 Å². The van der Waals surface area contributed by atoms with Crippen molar-refractivity contribution in [3.63, 3.8) is 0 Å². The highest BCUT2D eigenvalue weighted by atomic mass is 35.5. The standard InChI is InChI=1S/C38H43Cl2N3O9S/c1-36(2,3)50-32(44)23-43(53(48,49)28-18-25(39)17-26(40)19-28)27-15-16-29-30(22-41(31(29)20-27)34(46)51-37(4,5)6)33(45)42(35(47)52-38(7,8)9)21-24-13-11-10-12-14-24/h10-20,22H,21,23H2,1-9H3. The van der Waals surface area contributed by atoms with Gasteiger partial charge in [-0.25, -0.2) is 22.9 Å². The number of anilines is 1. The third kappa shape index (κ3) is 10.7. The van der Waals surface area contributed by atoms with Crippen molar-refractivity contribution in [1.82, 2.24) is 9.47 Å². The molecular formula is C38H43Cl2N3O9S. The van der Waals surface area contributed by atoms with E-state index in [1.165, 1.54) is 42.6 Å². The Morgan fingerprint density at radius 2 is 1.30 bits per heavy atom. The average Bonchev–Trinajstić information content (AvgIpc) is 3.39. The number of esters is 1. The Hall–Kier alpha value is -4.59. The molecular weight excluding hydrogens is 745 g/mol. The van der Waals surface area contributed by atoms with Gasteiger partial charge in [0, 0.05) is 21.6 Å². The van der Waals surface area contributed by atoms with Crippen LogP contribution in [0.4, 0.5) is 15.3 Å². The highest BCUT2D eigenvalue weighted by Crippen LogP contribution is 2.33. The van der Waals surface area contributed by atoms with E-state index in [2.05, 4.69) is 0 Å². The minimum atomic E-state index is -4.56. The maximum absolute atomic E-state index is 14.4. The summed E-state index contributed by atoms with van der Waals surface area (Å²) < 4.78 is 47.0. The second kappa shape index (κ2) is 15.4. The van der Waals surface area contributed by atoms with Gasteiger partial charge >= 0.3 is 18.2 Å². The fourth-order valence-electron chi connectivity index (χ4n) is 5.06. The Balaban J connectivity index is 1.95. The fourth-order valence-corrected chi connectivity index (χ4v) is 7.19. The molecule has 1 heterocycles. The predicted molar refractivity (Wildman–Crippen MR) is 203 cm³/mol. The monoisotopic (exact) mass is 787 g/mol. The normalized spacial score (nSPS) is 12.3. The van der Waals surface area contributed by atoms with E-state index in [1.54, 1.807) is 92.6 Å². The van der Waals surface area contributed by atoms with Gasteiger partial charge in [-0.15, -0.1) is 0 Å². The molecule has 3 aromatic carbocycles. The van der Waals surface area contributed by atoms with Crippen molar-refractivity contribution in [3.05, 3.63) is 94.1 Å². The zero-order chi connectivity index (χ0) is 39.7. The van der Waals surface area contributed by atoms with E-state index in [-0.39, 0.29) is 43.6 Å². The Labute approximate surface area is 319 Å². The first-order valence-corrected chi connectivity index (χ1v) is 18.7. The first kappa shape index (κ1) is 41.2. The van der Waals surface area contributed by atoms with E-state index in [0.29, 0.717) is 5.56 Å². The SMILES string of the molecule is CC(C)(C)OC(=O)CN(c1ccc2c(C(=O)N(Cc3ccccc3)C(=O)OC(C)(C)C)cn(C(=O)OC(C)(C)C)c2c1)S(=O)(=O)c1cc(Cl)cc(Cl)c1. The van der Waals surface area contributed by atoms with E-state index >= 15 is 0 Å². The molecule has 0 bridgehead atoms. The number of hydrogen-bond donors (Lipinski definition) is 0. The van der Waals surface area contributed by atoms with Gasteiger partial charge in [-0.3, -0.25) is 18.5 Å². The number of halogens is 2. The summed E-state index contributed by atoms with van der Waals surface area (Å²) in [6.45, 7) is 13.9. The molecule has 4 aromatic rings. The number of hydrogen-bond acceptors (Lipinski definition) is 9. The Morgan fingerprint density at radius 3 is 1.85 bits per heavy atom. The van der Waals surface area contributed by atoms with E-state index in [1.807, 2.05) is 0 Å². The molecule has 0 N–H and O–H groups in total. The molecule has 0 saturated carbocycles. The molecule has 1 aromatic heterocycles. The number of fused-ring (bicyclic) bond motifs is 1. The van der Waals surface area contributed by atoms with Crippen LogP contribution in [-0.2, 0) is 35.6 Å². The minimum Gasteiger partial charge on any atom is -0.459 e. The number of carbonyl (C=O) groups is 4. The molecule has 4 rings (SSSR count). The summed E-state index contributed by atoms with van der Waals surface area (Å²) in [5, 5.41) is 0.248. The van der Waals surface area contributed by atoms with Crippen molar-refractivity contribution in [2.24, 2.45) is 0 Å². The Kier molecular flexibility index (Phi) is 12.0. The quantitative estimate of drug-likeness (QED) is 0.126. The van der Waals surface area contributed by atoms with Crippen LogP contribution in [0.25, 0.3) is 10.9 Å². The number of sulfonamides is 1. The van der Waals surface area contributed by atoms with Gasteiger partial charge in [-0.05, 0) is 104 Å². The van der Waals surface area contributed by atoms with Crippen molar-refractivity contribution < 1.29 is 41.8 Å². The van der Waals surface area contributed by atoms with E-state index in [0.717, 1.165) is 13.8 Å². The largest absolute Gasteiger partial charge is 0.459 e. The summed E-state index contributed by atoms with van der Waals surface area (Å²) >= 11 is 12.3. The number of imide groups is 1. The highest BCUT2D eigenvalue weighted by molar-refractivity contribution is 7.92. The molecule has 0 aliphatic rings. The van der Waals surface area contributed by atoms with Crippen molar-refractivity contribution in [2.75, 3.05) is 10.8 Å². The number of amides is 2. The fraction of sp³-hybridized carbons (Fsp3) is 0.368. The molecule has 2 amide bonds. The first-order valence-electron chi connectivity index (χ1n) is 16.5. The van der Waals surface area contributed by atoms with Gasteiger partial charge in [0.2, 0.25) is 0 Å². The number of rotatable bonds is 8. The van der Waals surface area contributed by atoms with E-state index < -0.39 is 57.4 Å². The summed E-state index contributed by atoms with van der Waals surface area (Å²) in [5.74, 6) is -1.67. The van der Waals surface area contributed by atoms with Crippen molar-refractivity contribution in [2.45, 2.75) is 90.6 Å². The van der Waals surface area contributed by atoms with E-state index in [4.69, 9.17) is 37.4 Å². The zero-order valence-electron chi connectivity index (χ0n) is 31.0. The van der Waals surface area contributed by atoms with Gasteiger partial charge in [0.1, 0.15) is 23.3 Å². The number of carbonyl (C=O) groups excluding carboxylic acids is 4. The molecule has 0 unspecified atom stereocenters. The molecule has 0 fully saturated rings. The van der Waals surface area contributed by atoms with E-state index in [9.17, 15) is 27.6 Å². The van der Waals surface area contributed by atoms with Crippen LogP contribution in [-0.4, -0.2) is 65.3 Å². The van der Waals surface area contributed by atoms with Gasteiger partial charge in [-0.1, -0.05) is 53.5 Å². The van der Waals surface area contributed by atoms with Crippen LogP contribution in [0, 0.1) is 0 Å². The lowest BCUT2D eigenvalue weighted by atomic mass is 10.1. The van der Waals surface area contributed by atoms with Gasteiger partial charge in [-0.2, -0.15) is 0 Å². The lowest BCUT2D eigenvalue weighted by molar-refractivity contribution is -0.152. The zero-order valence-corrected chi connectivity index (χ0v) is 33.4. The molecule has 0 aliphatic heterocycles. The second-order valence-corrected chi connectivity index (χ2v) is 17.9. The van der Waals surface area contributed by atoms with Gasteiger partial charge in [0.15, 0.2) is 0 Å². The number of benzene rings is 3. The minimum absolute atomic E-state index is 0.0377. The molecule has 53 heavy (non-hydrogen) atoms. The molecule has 12 nitrogen and oxygen atoms in total. The van der Waals surface area contributed by atoms with Gasteiger partial charge in [0.25, 0.3) is 15.9 Å². The van der Waals surface area contributed by atoms with Crippen LogP contribution in [0.15, 0.2) is 77.8 Å². The van der Waals surface area contributed by atoms with Crippen molar-refractivity contribution in [3.8, 4) is 0 Å². The Morgan fingerprint density at radius 1 is 0.736 bits per heavy atom. The first-order chi connectivity index (χ1) is 24.3. The number of nitrogens with zero attached hydrogens (tertiary/aromatic N) is 3. The van der Waals surface area contributed by atoms with Crippen LogP contribution in [0.3, 0.4) is 0 Å². The topological polar surface area (TPSA) is 142 Å². The third-order valence-corrected chi connectivity index (χ3v) is 9.25. The molecule has 15 heteroatoms. The lowest BCUT2D eigenvalue weighted by Crippen LogP contribution is -2.40. The number of ether oxygens (including phenoxy) is 3. The molecule has 0 aliphatic carbocycles. The summed E-state index contributed by atoms with van der Waals surface area (Å²) in [6, 6.07) is 16.6. The molecule has 284 valence electrons. The summed E-state index contributed by atoms with van der Waals surface area (Å²) in [5.41, 5.74) is -2.34. The molecule has 0 saturated heterocycles. The van der Waals surface area contributed by atoms with Gasteiger partial charge in [0.05, 0.1) is 28.2 Å². The van der Waals surface area contributed by atoms with Crippen LogP contribution in [0.2, 0.25) is 10.0 Å². The molecule has 0 radical (unpaired) electrons. The maximum Gasteiger partial charge on any atom is 0.419 e. The summed E-state index contributed by atoms with van der Waals surface area (Å²) in [6.07, 6.45) is -0.596. The summed E-state index contributed by atoms with van der Waals surface area (Å²) in [7, 11) is -4.56. The Bertz CT molecular complexity index is 2130.